The summed E-state index contributed by atoms with van der Waals surface area (Å²) < 4.78 is 38.6. The van der Waals surface area contributed by atoms with Gasteiger partial charge in [-0.3, -0.25) is 4.90 Å². The van der Waals surface area contributed by atoms with Gasteiger partial charge in [0.15, 0.2) is 0 Å². The highest BCUT2D eigenvalue weighted by Gasteiger charge is 2.30. The molecule has 7 heteroatoms. The Kier molecular flexibility index (Phi) is 5.27. The molecule has 0 N–H and O–H groups in total. The molecule has 0 saturated carbocycles. The van der Waals surface area contributed by atoms with Crippen molar-refractivity contribution in [3.05, 3.63) is 18.2 Å². The van der Waals surface area contributed by atoms with Crippen LogP contribution in [-0.2, 0) is 6.54 Å². The Morgan fingerprint density at radius 2 is 2.12 bits per heavy atom. The average Bonchev–Trinajstić information content (AvgIpc) is 2.59. The van der Waals surface area contributed by atoms with E-state index in [1.54, 1.807) is 12.4 Å². The van der Waals surface area contributed by atoms with Crippen LogP contribution in [0.5, 0.6) is 0 Å². The molecule has 1 rings (SSSR count). The van der Waals surface area contributed by atoms with Gasteiger partial charge in [-0.1, -0.05) is 0 Å². The highest BCUT2D eigenvalue weighted by molar-refractivity contribution is 6.18. The molecule has 0 aliphatic heterocycles. The Labute approximate surface area is 103 Å². The van der Waals surface area contributed by atoms with Crippen molar-refractivity contribution in [2.24, 2.45) is 0 Å². The molecule has 0 amide bonds. The van der Waals surface area contributed by atoms with Crippen LogP contribution >= 0.6 is 11.6 Å². The fourth-order valence-corrected chi connectivity index (χ4v) is 1.77. The normalized spacial score (nSPS) is 12.4. The summed E-state index contributed by atoms with van der Waals surface area (Å²) in [5, 5.41) is 0. The van der Waals surface area contributed by atoms with Crippen LogP contribution in [0.2, 0.25) is 0 Å². The second kappa shape index (κ2) is 6.26. The molecular weight excluding hydrogens is 255 g/mol. The van der Waals surface area contributed by atoms with Gasteiger partial charge in [-0.25, -0.2) is 4.98 Å². The number of halogens is 4. The molecule has 0 atom stereocenters. The SMILES string of the molecule is Cc1nccn1CCN(CCCl)CC(F)(F)F. The largest absolute Gasteiger partial charge is 0.401 e. The van der Waals surface area contributed by atoms with Gasteiger partial charge in [0.2, 0.25) is 0 Å². The van der Waals surface area contributed by atoms with Gasteiger partial charge in [0.05, 0.1) is 6.54 Å². The monoisotopic (exact) mass is 269 g/mol. The molecule has 0 bridgehead atoms. The predicted octanol–water partition coefficient (Wildman–Crippen LogP) is 2.29. The standard InChI is InChI=1S/C10H15ClF3N3/c1-9-15-3-5-17(9)7-6-16(4-2-11)8-10(12,13)14/h3,5H,2,4,6-8H2,1H3. The van der Waals surface area contributed by atoms with Crippen LogP contribution in [0.3, 0.4) is 0 Å². The van der Waals surface area contributed by atoms with E-state index in [1.807, 2.05) is 11.5 Å². The number of imidazole rings is 1. The summed E-state index contributed by atoms with van der Waals surface area (Å²) in [6.45, 7) is 1.92. The van der Waals surface area contributed by atoms with E-state index in [-0.39, 0.29) is 12.4 Å². The topological polar surface area (TPSA) is 21.1 Å². The Morgan fingerprint density at radius 1 is 1.41 bits per heavy atom. The third-order valence-corrected chi connectivity index (χ3v) is 2.55. The molecule has 0 unspecified atom stereocenters. The zero-order valence-corrected chi connectivity index (χ0v) is 10.3. The fourth-order valence-electron chi connectivity index (χ4n) is 1.53. The molecule has 0 aliphatic carbocycles. The maximum Gasteiger partial charge on any atom is 0.401 e. The second-order valence-electron chi connectivity index (χ2n) is 3.75. The van der Waals surface area contributed by atoms with E-state index in [0.717, 1.165) is 5.82 Å². The second-order valence-corrected chi connectivity index (χ2v) is 4.13. The lowest BCUT2D eigenvalue weighted by molar-refractivity contribution is -0.145. The first-order valence-electron chi connectivity index (χ1n) is 5.25. The predicted molar refractivity (Wildman–Crippen MR) is 60.2 cm³/mol. The summed E-state index contributed by atoms with van der Waals surface area (Å²) in [5.74, 6) is 0.988. The van der Waals surface area contributed by atoms with Crippen LogP contribution in [-0.4, -0.2) is 46.1 Å². The number of aryl methyl sites for hydroxylation is 1. The molecule has 17 heavy (non-hydrogen) atoms. The van der Waals surface area contributed by atoms with Gasteiger partial charge < -0.3 is 4.57 Å². The van der Waals surface area contributed by atoms with Gasteiger partial charge in [-0.15, -0.1) is 11.6 Å². The smallest absolute Gasteiger partial charge is 0.334 e. The Balaban J connectivity index is 2.47. The van der Waals surface area contributed by atoms with E-state index >= 15 is 0 Å². The summed E-state index contributed by atoms with van der Waals surface area (Å²) >= 11 is 5.49. The molecule has 1 aromatic rings. The summed E-state index contributed by atoms with van der Waals surface area (Å²) in [7, 11) is 0. The van der Waals surface area contributed by atoms with Gasteiger partial charge in [0.1, 0.15) is 5.82 Å². The minimum absolute atomic E-state index is 0.193. The minimum Gasteiger partial charge on any atom is -0.334 e. The minimum atomic E-state index is -4.18. The van der Waals surface area contributed by atoms with Crippen LogP contribution in [0.15, 0.2) is 12.4 Å². The van der Waals surface area contributed by atoms with Gasteiger partial charge >= 0.3 is 6.18 Å². The first-order valence-corrected chi connectivity index (χ1v) is 5.78. The molecule has 1 aromatic heterocycles. The van der Waals surface area contributed by atoms with Crippen molar-refractivity contribution in [3.8, 4) is 0 Å². The van der Waals surface area contributed by atoms with E-state index < -0.39 is 12.7 Å². The highest BCUT2D eigenvalue weighted by Crippen LogP contribution is 2.16. The summed E-state index contributed by atoms with van der Waals surface area (Å²) in [4.78, 5) is 5.31. The van der Waals surface area contributed by atoms with Crippen molar-refractivity contribution in [1.82, 2.24) is 14.5 Å². The first kappa shape index (κ1) is 14.3. The zero-order chi connectivity index (χ0) is 12.9. The van der Waals surface area contributed by atoms with Crippen molar-refractivity contribution < 1.29 is 13.2 Å². The number of aromatic nitrogens is 2. The van der Waals surface area contributed by atoms with Crippen LogP contribution in [0.4, 0.5) is 13.2 Å². The van der Waals surface area contributed by atoms with E-state index in [0.29, 0.717) is 13.1 Å². The molecule has 0 fully saturated rings. The third-order valence-electron chi connectivity index (χ3n) is 2.38. The van der Waals surface area contributed by atoms with Crippen LogP contribution in [0.25, 0.3) is 0 Å². The fraction of sp³-hybridized carbons (Fsp3) is 0.700. The molecule has 0 aromatic carbocycles. The molecule has 0 aliphatic rings. The summed E-state index contributed by atoms with van der Waals surface area (Å²) in [6.07, 6.45) is -0.803. The number of nitrogens with zero attached hydrogens (tertiary/aromatic N) is 3. The molecule has 1 heterocycles. The number of hydrogen-bond acceptors (Lipinski definition) is 2. The molecule has 98 valence electrons. The Morgan fingerprint density at radius 3 is 2.59 bits per heavy atom. The van der Waals surface area contributed by atoms with Crippen LogP contribution < -0.4 is 0 Å². The van der Waals surface area contributed by atoms with E-state index in [9.17, 15) is 13.2 Å². The lowest BCUT2D eigenvalue weighted by Crippen LogP contribution is -2.37. The van der Waals surface area contributed by atoms with E-state index in [2.05, 4.69) is 4.98 Å². The Bertz CT molecular complexity index is 338. The number of alkyl halides is 4. The van der Waals surface area contributed by atoms with Gasteiger partial charge in [0.25, 0.3) is 0 Å². The lowest BCUT2D eigenvalue weighted by Gasteiger charge is -2.22. The number of rotatable bonds is 6. The third kappa shape index (κ3) is 5.41. The lowest BCUT2D eigenvalue weighted by atomic mass is 10.4. The number of hydrogen-bond donors (Lipinski definition) is 0. The first-order chi connectivity index (χ1) is 7.92. The van der Waals surface area contributed by atoms with Crippen molar-refractivity contribution in [1.29, 1.82) is 0 Å². The summed E-state index contributed by atoms with van der Waals surface area (Å²) in [5.41, 5.74) is 0. The molecule has 0 spiro atoms. The van der Waals surface area contributed by atoms with Crippen molar-refractivity contribution in [2.45, 2.75) is 19.6 Å². The van der Waals surface area contributed by atoms with Gasteiger partial charge in [-0.2, -0.15) is 13.2 Å². The van der Waals surface area contributed by atoms with Crippen molar-refractivity contribution >= 4 is 11.6 Å². The quantitative estimate of drug-likeness (QED) is 0.739. The maximum absolute atomic E-state index is 12.3. The van der Waals surface area contributed by atoms with Gasteiger partial charge in [-0.05, 0) is 6.92 Å². The van der Waals surface area contributed by atoms with Crippen LogP contribution in [0.1, 0.15) is 5.82 Å². The maximum atomic E-state index is 12.3. The average molecular weight is 270 g/mol. The summed E-state index contributed by atoms with van der Waals surface area (Å²) in [6, 6.07) is 0. The molecule has 3 nitrogen and oxygen atoms in total. The molecule has 0 radical (unpaired) electrons. The molecule has 0 saturated heterocycles. The molecular formula is C10H15ClF3N3. The zero-order valence-electron chi connectivity index (χ0n) is 9.54. The highest BCUT2D eigenvalue weighted by atomic mass is 35.5. The van der Waals surface area contributed by atoms with Gasteiger partial charge in [0, 0.05) is 37.9 Å². The van der Waals surface area contributed by atoms with E-state index in [1.165, 1.54) is 4.90 Å². The van der Waals surface area contributed by atoms with E-state index in [4.69, 9.17) is 11.6 Å². The van der Waals surface area contributed by atoms with Crippen molar-refractivity contribution in [3.63, 3.8) is 0 Å². The Hall–Kier alpha value is -0.750. The van der Waals surface area contributed by atoms with Crippen LogP contribution in [0, 0.1) is 6.92 Å². The van der Waals surface area contributed by atoms with Crippen molar-refractivity contribution in [2.75, 3.05) is 25.5 Å².